The summed E-state index contributed by atoms with van der Waals surface area (Å²) in [6.07, 6.45) is 0. The van der Waals surface area contributed by atoms with Crippen molar-refractivity contribution in [3.63, 3.8) is 0 Å². The number of hydrogen-bond donors (Lipinski definition) is 3. The normalized spacial score (nSPS) is 10.3. The quantitative estimate of drug-likeness (QED) is 0.602. The van der Waals surface area contributed by atoms with Crippen LogP contribution in [0.2, 0.25) is 10.0 Å². The van der Waals surface area contributed by atoms with Crippen molar-refractivity contribution >= 4 is 52.5 Å². The molecule has 3 amide bonds. The number of esters is 1. The maximum Gasteiger partial charge on any atom is 0.340 e. The molecule has 9 heteroatoms. The second-order valence-corrected chi connectivity index (χ2v) is 6.89. The van der Waals surface area contributed by atoms with Gasteiger partial charge in [-0.3, -0.25) is 4.79 Å². The van der Waals surface area contributed by atoms with Crippen molar-refractivity contribution in [2.75, 3.05) is 17.2 Å². The first-order valence-electron chi connectivity index (χ1n) is 8.35. The number of carbonyl (C=O) groups is 3. The Labute approximate surface area is 172 Å². The van der Waals surface area contributed by atoms with Crippen LogP contribution < -0.4 is 16.0 Å². The van der Waals surface area contributed by atoms with Crippen LogP contribution in [0.4, 0.5) is 16.2 Å². The Bertz CT molecular complexity index is 887. The first-order chi connectivity index (χ1) is 13.3. The fourth-order valence-corrected chi connectivity index (χ4v) is 2.52. The van der Waals surface area contributed by atoms with Crippen molar-refractivity contribution in [2.45, 2.75) is 19.9 Å². The molecular formula is C19H19Cl2N3O4. The van der Waals surface area contributed by atoms with Crippen molar-refractivity contribution in [1.82, 2.24) is 5.32 Å². The molecule has 0 saturated carbocycles. The minimum absolute atomic E-state index is 0.0684. The van der Waals surface area contributed by atoms with Gasteiger partial charge in [-0.1, -0.05) is 35.3 Å². The van der Waals surface area contributed by atoms with Crippen LogP contribution in [0.5, 0.6) is 0 Å². The van der Waals surface area contributed by atoms with Crippen LogP contribution in [0.15, 0.2) is 42.5 Å². The standard InChI is InChI=1S/C19H19Cl2N3O4/c1-11(2)22-19(27)24-15-6-4-3-5-13(15)18(26)28-10-17(25)23-16-9-12(20)7-8-14(16)21/h3-9,11H,10H2,1-2H3,(H,23,25)(H2,22,24,27). The highest BCUT2D eigenvalue weighted by Gasteiger charge is 2.16. The molecular weight excluding hydrogens is 405 g/mol. The topological polar surface area (TPSA) is 96.5 Å². The van der Waals surface area contributed by atoms with Crippen LogP contribution in [-0.4, -0.2) is 30.6 Å². The van der Waals surface area contributed by atoms with Gasteiger partial charge in [0.05, 0.1) is 22.0 Å². The highest BCUT2D eigenvalue weighted by Crippen LogP contribution is 2.25. The van der Waals surface area contributed by atoms with Crippen molar-refractivity contribution in [1.29, 1.82) is 0 Å². The molecule has 0 radical (unpaired) electrons. The lowest BCUT2D eigenvalue weighted by atomic mass is 10.2. The number of hydrogen-bond acceptors (Lipinski definition) is 4. The van der Waals surface area contributed by atoms with Crippen LogP contribution in [0, 0.1) is 0 Å². The minimum atomic E-state index is -0.757. The number of urea groups is 1. The Kier molecular flexibility index (Phi) is 7.66. The number of ether oxygens (including phenoxy) is 1. The molecule has 0 unspecified atom stereocenters. The monoisotopic (exact) mass is 423 g/mol. The van der Waals surface area contributed by atoms with Gasteiger partial charge in [-0.15, -0.1) is 0 Å². The number of amides is 3. The van der Waals surface area contributed by atoms with Gasteiger partial charge in [0, 0.05) is 11.1 Å². The van der Waals surface area contributed by atoms with E-state index in [2.05, 4.69) is 16.0 Å². The number of benzene rings is 2. The molecule has 0 spiro atoms. The van der Waals surface area contributed by atoms with E-state index in [9.17, 15) is 14.4 Å². The van der Waals surface area contributed by atoms with E-state index in [1.807, 2.05) is 13.8 Å². The van der Waals surface area contributed by atoms with E-state index in [4.69, 9.17) is 27.9 Å². The molecule has 3 N–H and O–H groups in total. The summed E-state index contributed by atoms with van der Waals surface area (Å²) >= 11 is 11.8. The Morgan fingerprint density at radius 3 is 2.43 bits per heavy atom. The zero-order chi connectivity index (χ0) is 20.7. The summed E-state index contributed by atoms with van der Waals surface area (Å²) in [5.41, 5.74) is 0.696. The molecule has 0 aliphatic heterocycles. The predicted molar refractivity (Wildman–Crippen MR) is 109 cm³/mol. The van der Waals surface area contributed by atoms with E-state index in [1.54, 1.807) is 24.3 Å². The molecule has 0 aliphatic rings. The SMILES string of the molecule is CC(C)NC(=O)Nc1ccccc1C(=O)OCC(=O)Nc1cc(Cl)ccc1Cl. The van der Waals surface area contributed by atoms with Gasteiger partial charge in [-0.25, -0.2) is 9.59 Å². The third-order valence-corrected chi connectivity index (χ3v) is 3.92. The fourth-order valence-electron chi connectivity index (χ4n) is 2.18. The van der Waals surface area contributed by atoms with E-state index in [1.165, 1.54) is 18.2 Å². The molecule has 28 heavy (non-hydrogen) atoms. The largest absolute Gasteiger partial charge is 0.452 e. The van der Waals surface area contributed by atoms with E-state index in [-0.39, 0.29) is 17.3 Å². The van der Waals surface area contributed by atoms with Crippen LogP contribution in [0.25, 0.3) is 0 Å². The Balaban J connectivity index is 1.98. The number of para-hydroxylation sites is 1. The average molecular weight is 424 g/mol. The number of nitrogens with one attached hydrogen (secondary N) is 3. The summed E-state index contributed by atoms with van der Waals surface area (Å²) in [5.74, 6) is -1.34. The maximum atomic E-state index is 12.3. The van der Waals surface area contributed by atoms with Gasteiger partial charge in [-0.2, -0.15) is 0 Å². The van der Waals surface area contributed by atoms with E-state index in [0.29, 0.717) is 15.7 Å². The van der Waals surface area contributed by atoms with Gasteiger partial charge in [-0.05, 0) is 44.2 Å². The second kappa shape index (κ2) is 9.96. The molecule has 7 nitrogen and oxygen atoms in total. The first kappa shape index (κ1) is 21.5. The van der Waals surface area contributed by atoms with Gasteiger partial charge in [0.2, 0.25) is 0 Å². The minimum Gasteiger partial charge on any atom is -0.452 e. The van der Waals surface area contributed by atoms with Gasteiger partial charge in [0.1, 0.15) is 0 Å². The van der Waals surface area contributed by atoms with E-state index in [0.717, 1.165) is 0 Å². The number of carbonyl (C=O) groups excluding carboxylic acids is 3. The molecule has 0 bridgehead atoms. The van der Waals surface area contributed by atoms with E-state index < -0.39 is 24.5 Å². The van der Waals surface area contributed by atoms with Crippen molar-refractivity contribution in [3.05, 3.63) is 58.1 Å². The zero-order valence-corrected chi connectivity index (χ0v) is 16.7. The molecule has 2 aromatic carbocycles. The summed E-state index contributed by atoms with van der Waals surface area (Å²) in [6, 6.07) is 10.4. The Hall–Kier alpha value is -2.77. The molecule has 2 rings (SSSR count). The van der Waals surface area contributed by atoms with Crippen LogP contribution in [-0.2, 0) is 9.53 Å². The van der Waals surface area contributed by atoms with Crippen molar-refractivity contribution in [2.24, 2.45) is 0 Å². The first-order valence-corrected chi connectivity index (χ1v) is 9.10. The summed E-state index contributed by atoms with van der Waals surface area (Å²) < 4.78 is 5.04. The molecule has 2 aromatic rings. The van der Waals surface area contributed by atoms with Crippen molar-refractivity contribution in [3.8, 4) is 0 Å². The predicted octanol–water partition coefficient (Wildman–Crippen LogP) is 4.32. The lowest BCUT2D eigenvalue weighted by molar-refractivity contribution is -0.119. The zero-order valence-electron chi connectivity index (χ0n) is 15.2. The lowest BCUT2D eigenvalue weighted by Gasteiger charge is -2.13. The summed E-state index contributed by atoms with van der Waals surface area (Å²) in [6.45, 7) is 3.09. The number of halogens is 2. The molecule has 0 saturated heterocycles. The highest BCUT2D eigenvalue weighted by molar-refractivity contribution is 6.35. The smallest absolute Gasteiger partial charge is 0.340 e. The number of rotatable bonds is 6. The summed E-state index contributed by atoms with van der Waals surface area (Å²) in [4.78, 5) is 36.2. The van der Waals surface area contributed by atoms with Crippen LogP contribution in [0.3, 0.4) is 0 Å². The van der Waals surface area contributed by atoms with Crippen LogP contribution >= 0.6 is 23.2 Å². The van der Waals surface area contributed by atoms with Gasteiger partial charge >= 0.3 is 12.0 Å². The van der Waals surface area contributed by atoms with E-state index >= 15 is 0 Å². The summed E-state index contributed by atoms with van der Waals surface area (Å²) in [7, 11) is 0. The molecule has 0 aromatic heterocycles. The molecule has 148 valence electrons. The van der Waals surface area contributed by atoms with Gasteiger partial charge in [0.25, 0.3) is 5.91 Å². The number of anilines is 2. The molecule has 0 fully saturated rings. The average Bonchev–Trinajstić information content (AvgIpc) is 2.62. The third-order valence-electron chi connectivity index (χ3n) is 3.35. The second-order valence-electron chi connectivity index (χ2n) is 6.05. The Morgan fingerprint density at radius 2 is 1.71 bits per heavy atom. The molecule has 0 heterocycles. The summed E-state index contributed by atoms with van der Waals surface area (Å²) in [5, 5.41) is 8.45. The molecule has 0 atom stereocenters. The molecule has 0 aliphatic carbocycles. The van der Waals surface area contributed by atoms with Crippen LogP contribution in [0.1, 0.15) is 24.2 Å². The van der Waals surface area contributed by atoms with Gasteiger partial charge in [0.15, 0.2) is 6.61 Å². The van der Waals surface area contributed by atoms with Crippen molar-refractivity contribution < 1.29 is 19.1 Å². The Morgan fingerprint density at radius 1 is 1.00 bits per heavy atom. The lowest BCUT2D eigenvalue weighted by Crippen LogP contribution is -2.34. The third kappa shape index (κ3) is 6.44. The van der Waals surface area contributed by atoms with Gasteiger partial charge < -0.3 is 20.7 Å². The fraction of sp³-hybridized carbons (Fsp3) is 0.211. The highest BCUT2D eigenvalue weighted by atomic mass is 35.5. The maximum absolute atomic E-state index is 12.3.